The first-order chi connectivity index (χ1) is 19.7. The van der Waals surface area contributed by atoms with E-state index in [-0.39, 0.29) is 17.8 Å². The molecule has 5 heterocycles. The Hall–Kier alpha value is -3.71. The molecule has 0 amide bonds. The summed E-state index contributed by atoms with van der Waals surface area (Å²) >= 11 is 6.47. The number of carbonyl (C=O) groups is 1. The van der Waals surface area contributed by atoms with Crippen molar-refractivity contribution in [1.29, 1.82) is 0 Å². The zero-order valence-electron chi connectivity index (χ0n) is 24.4. The van der Waals surface area contributed by atoms with Crippen molar-refractivity contribution in [3.05, 3.63) is 91.5 Å². The largest absolute Gasteiger partial charge is 0.511 e. The van der Waals surface area contributed by atoms with E-state index in [4.69, 9.17) is 31.3 Å². The highest BCUT2D eigenvalue weighted by molar-refractivity contribution is 6.23. The third-order valence-electron chi connectivity index (χ3n) is 9.20. The van der Waals surface area contributed by atoms with Crippen LogP contribution >= 0.6 is 11.6 Å². The summed E-state index contributed by atoms with van der Waals surface area (Å²) in [5.41, 5.74) is 14.2. The fourth-order valence-corrected chi connectivity index (χ4v) is 7.04. The molecular formula is C33H35ClN4O3. The molecule has 0 saturated carbocycles. The molecule has 212 valence electrons. The van der Waals surface area contributed by atoms with Gasteiger partial charge in [-0.2, -0.15) is 0 Å². The second kappa shape index (κ2) is 10.3. The van der Waals surface area contributed by atoms with E-state index in [1.165, 1.54) is 12.7 Å². The molecule has 0 radical (unpaired) electrons. The molecule has 0 aromatic heterocycles. The van der Waals surface area contributed by atoms with E-state index in [0.717, 1.165) is 85.5 Å². The van der Waals surface area contributed by atoms with Crippen LogP contribution in [0.5, 0.6) is 0 Å². The summed E-state index contributed by atoms with van der Waals surface area (Å²) in [5.74, 6) is 0.554. The Labute approximate surface area is 245 Å². The van der Waals surface area contributed by atoms with Crippen molar-refractivity contribution < 1.29 is 14.6 Å². The van der Waals surface area contributed by atoms with Gasteiger partial charge in [-0.15, -0.1) is 11.6 Å². The first kappa shape index (κ1) is 27.5. The van der Waals surface area contributed by atoms with E-state index in [9.17, 15) is 9.90 Å². The van der Waals surface area contributed by atoms with E-state index in [0.29, 0.717) is 30.9 Å². The fourth-order valence-electron chi connectivity index (χ4n) is 6.70. The summed E-state index contributed by atoms with van der Waals surface area (Å²) in [6, 6.07) is 0. The van der Waals surface area contributed by atoms with Crippen LogP contribution in [-0.2, 0) is 9.53 Å². The number of aliphatic hydroxyl groups is 1. The van der Waals surface area contributed by atoms with Gasteiger partial charge in [0.2, 0.25) is 0 Å². The maximum absolute atomic E-state index is 12.2. The quantitative estimate of drug-likeness (QED) is 0.279. The fraction of sp³-hybridized carbons (Fsp3) is 0.394. The maximum Gasteiger partial charge on any atom is 0.305 e. The van der Waals surface area contributed by atoms with Gasteiger partial charge in [0.05, 0.1) is 41.3 Å². The highest BCUT2D eigenvalue weighted by Crippen LogP contribution is 2.46. The number of halogens is 1. The number of allylic oxidation sites excluding steroid dienone is 12. The van der Waals surface area contributed by atoms with Crippen LogP contribution in [0.1, 0.15) is 60.3 Å². The van der Waals surface area contributed by atoms with Gasteiger partial charge in [-0.25, -0.2) is 15.0 Å². The molecule has 8 bridgehead atoms. The predicted octanol–water partition coefficient (Wildman–Crippen LogP) is 6.85. The zero-order valence-corrected chi connectivity index (χ0v) is 25.2. The van der Waals surface area contributed by atoms with Crippen LogP contribution < -0.4 is 5.32 Å². The Morgan fingerprint density at radius 1 is 1.05 bits per heavy atom. The predicted molar refractivity (Wildman–Crippen MR) is 164 cm³/mol. The number of fused-ring (bicyclic) bond motifs is 5. The number of nitrogens with one attached hydrogen (secondary N) is 1. The third kappa shape index (κ3) is 4.33. The molecule has 1 aliphatic carbocycles. The molecule has 1 fully saturated rings. The zero-order chi connectivity index (χ0) is 29.2. The molecule has 8 heteroatoms. The first-order valence-corrected chi connectivity index (χ1v) is 14.8. The standard InChI is InChI=1S/C33H35ClN4O3/c1-7-19-15(2)24-12-28-22(14-34)17(4)23(36-28)11-25-16(3)20(8-9-30(40)41-6)32(37-25)21-10-29(39)31-18(5)26(38-33(21)31)13-27(19)35-24/h11-13,16,20,37,39H,7-10,14H2,1-6H3/t16-,20-/m0/s1. The second-order valence-corrected chi connectivity index (χ2v) is 11.6. The number of aliphatic imine (C=N–C) groups is 3. The topological polar surface area (TPSA) is 95.6 Å². The maximum atomic E-state index is 12.2. The van der Waals surface area contributed by atoms with Gasteiger partial charge in [-0.1, -0.05) is 13.8 Å². The summed E-state index contributed by atoms with van der Waals surface area (Å²) in [7, 11) is 1.42. The lowest BCUT2D eigenvalue weighted by Gasteiger charge is -2.17. The van der Waals surface area contributed by atoms with Crippen molar-refractivity contribution in [3.8, 4) is 0 Å². The van der Waals surface area contributed by atoms with Gasteiger partial charge in [-0.05, 0) is 79.7 Å². The number of aliphatic hydroxyl groups excluding tert-OH is 1. The van der Waals surface area contributed by atoms with Crippen molar-refractivity contribution in [2.45, 2.75) is 60.3 Å². The summed E-state index contributed by atoms with van der Waals surface area (Å²) in [6.07, 6.45) is 8.35. The summed E-state index contributed by atoms with van der Waals surface area (Å²) < 4.78 is 4.97. The molecule has 0 spiro atoms. The lowest BCUT2D eigenvalue weighted by atomic mass is 9.86. The van der Waals surface area contributed by atoms with E-state index in [2.05, 4.69) is 39.1 Å². The molecule has 6 rings (SSSR count). The number of alkyl halides is 1. The average molecular weight is 571 g/mol. The van der Waals surface area contributed by atoms with E-state index >= 15 is 0 Å². The Kier molecular flexibility index (Phi) is 6.89. The van der Waals surface area contributed by atoms with Crippen molar-refractivity contribution in [2.24, 2.45) is 26.8 Å². The van der Waals surface area contributed by atoms with Crippen LogP contribution in [-0.4, -0.2) is 41.2 Å². The number of nitrogens with zero attached hydrogens (tertiary/aromatic N) is 3. The molecule has 5 aliphatic heterocycles. The van der Waals surface area contributed by atoms with Gasteiger partial charge in [0.1, 0.15) is 5.76 Å². The highest BCUT2D eigenvalue weighted by atomic mass is 35.5. The third-order valence-corrected chi connectivity index (χ3v) is 9.47. The van der Waals surface area contributed by atoms with Crippen LogP contribution in [0.2, 0.25) is 0 Å². The minimum Gasteiger partial charge on any atom is -0.511 e. The minimum atomic E-state index is -0.234. The highest BCUT2D eigenvalue weighted by Gasteiger charge is 2.41. The molecule has 41 heavy (non-hydrogen) atoms. The molecule has 6 aliphatic rings. The lowest BCUT2D eigenvalue weighted by Crippen LogP contribution is -2.16. The molecular weight excluding hydrogens is 536 g/mol. The second-order valence-electron chi connectivity index (χ2n) is 11.3. The number of ether oxygens (including phenoxy) is 1. The normalized spacial score (nSPS) is 25.0. The van der Waals surface area contributed by atoms with E-state index in [1.807, 2.05) is 19.1 Å². The van der Waals surface area contributed by atoms with Gasteiger partial charge in [0, 0.05) is 53.1 Å². The van der Waals surface area contributed by atoms with Crippen LogP contribution in [0.4, 0.5) is 0 Å². The van der Waals surface area contributed by atoms with E-state index < -0.39 is 0 Å². The van der Waals surface area contributed by atoms with Gasteiger partial charge < -0.3 is 15.2 Å². The monoisotopic (exact) mass is 570 g/mol. The SMILES string of the molecule is CCC1=C(C)C2=NC1=CC1=C(C)C3=C(O)CC(=C4NC(=CC5=NC(=C2)C(CCl)=C5C)[C@@H](C)[C@@H]4CCC(=O)OC)C3=N1. The minimum absolute atomic E-state index is 0.0243. The number of hydrogen-bond acceptors (Lipinski definition) is 7. The Balaban J connectivity index is 1.59. The number of rotatable bonds is 5. The number of hydrogen-bond donors (Lipinski definition) is 2. The average Bonchev–Trinajstić information content (AvgIpc) is 3.70. The van der Waals surface area contributed by atoms with Crippen LogP contribution in [0.15, 0.2) is 106 Å². The Morgan fingerprint density at radius 2 is 1.73 bits per heavy atom. The van der Waals surface area contributed by atoms with E-state index in [1.54, 1.807) is 0 Å². The van der Waals surface area contributed by atoms with Gasteiger partial charge in [0.15, 0.2) is 0 Å². The van der Waals surface area contributed by atoms with Gasteiger partial charge in [0.25, 0.3) is 0 Å². The molecule has 2 atom stereocenters. The van der Waals surface area contributed by atoms with Crippen molar-refractivity contribution in [1.82, 2.24) is 5.32 Å². The summed E-state index contributed by atoms with van der Waals surface area (Å²) in [5, 5.41) is 14.9. The molecule has 0 unspecified atom stereocenters. The molecule has 0 aromatic rings. The Morgan fingerprint density at radius 3 is 2.41 bits per heavy atom. The summed E-state index contributed by atoms with van der Waals surface area (Å²) in [4.78, 5) is 27.3. The van der Waals surface area contributed by atoms with Crippen LogP contribution in [0, 0.1) is 11.8 Å². The van der Waals surface area contributed by atoms with Crippen molar-refractivity contribution in [2.75, 3.05) is 13.0 Å². The van der Waals surface area contributed by atoms with Crippen molar-refractivity contribution >= 4 is 34.7 Å². The molecule has 2 N–H and O–H groups in total. The number of methoxy groups -OCH3 is 1. The van der Waals surface area contributed by atoms with Gasteiger partial charge >= 0.3 is 5.97 Å². The molecule has 7 nitrogen and oxygen atoms in total. The first-order valence-electron chi connectivity index (χ1n) is 14.3. The number of esters is 1. The van der Waals surface area contributed by atoms with Crippen LogP contribution in [0.3, 0.4) is 0 Å². The van der Waals surface area contributed by atoms with Crippen molar-refractivity contribution in [3.63, 3.8) is 0 Å². The Bertz CT molecular complexity index is 1650. The lowest BCUT2D eigenvalue weighted by molar-refractivity contribution is -0.140. The smallest absolute Gasteiger partial charge is 0.305 e. The number of carbonyl (C=O) groups excluding carboxylic acids is 1. The molecule has 1 saturated heterocycles. The molecule has 0 aromatic carbocycles. The summed E-state index contributed by atoms with van der Waals surface area (Å²) in [6.45, 7) is 10.5. The van der Waals surface area contributed by atoms with Gasteiger partial charge in [-0.3, -0.25) is 4.79 Å². The van der Waals surface area contributed by atoms with Crippen LogP contribution in [0.25, 0.3) is 0 Å².